The molecule has 2 aromatic carbocycles. The zero-order valence-corrected chi connectivity index (χ0v) is 21.3. The van der Waals surface area contributed by atoms with Gasteiger partial charge in [-0.3, -0.25) is 4.79 Å². The van der Waals surface area contributed by atoms with Crippen molar-refractivity contribution in [2.45, 2.75) is 25.5 Å². The molecule has 9 nitrogen and oxygen atoms in total. The van der Waals surface area contributed by atoms with Crippen molar-refractivity contribution in [3.05, 3.63) is 58.7 Å². The maximum Gasteiger partial charge on any atom is 0.256 e. The molecular weight excluding hydrogens is 480 g/mol. The minimum Gasteiger partial charge on any atom is -0.494 e. The Labute approximate surface area is 215 Å². The standard InChI is InChI=1S/C26H29ClN6O3/c1-32-11-9-17(10-12-32)36-18-7-8-20(22(13-18)35-3)30-26-28-14-19(27)24(31-26)29-21-6-4-5-16-15-33(2)25(34)23(16)21/h4-8,13-14,17H,9-12,15H2,1-3H3,(H2,28,29,30,31). The Bertz CT molecular complexity index is 1280. The van der Waals surface area contributed by atoms with Gasteiger partial charge in [-0.15, -0.1) is 0 Å². The minimum atomic E-state index is -0.0380. The van der Waals surface area contributed by atoms with Crippen molar-refractivity contribution in [3.63, 3.8) is 0 Å². The van der Waals surface area contributed by atoms with Crippen LogP contribution in [0.4, 0.5) is 23.1 Å². The number of carbonyl (C=O) groups is 1. The second-order valence-electron chi connectivity index (χ2n) is 9.12. The van der Waals surface area contributed by atoms with Gasteiger partial charge in [-0.25, -0.2) is 4.98 Å². The van der Waals surface area contributed by atoms with Crippen molar-refractivity contribution in [2.24, 2.45) is 0 Å². The molecule has 36 heavy (non-hydrogen) atoms. The normalized spacial score (nSPS) is 16.1. The number of carbonyl (C=O) groups excluding carboxylic acids is 1. The lowest BCUT2D eigenvalue weighted by Crippen LogP contribution is -2.35. The molecule has 2 aliphatic rings. The molecule has 0 spiro atoms. The molecule has 0 aliphatic carbocycles. The first-order chi connectivity index (χ1) is 17.4. The molecule has 188 valence electrons. The van der Waals surface area contributed by atoms with Crippen molar-refractivity contribution in [2.75, 3.05) is 44.9 Å². The van der Waals surface area contributed by atoms with Gasteiger partial charge in [-0.05, 0) is 43.7 Å². The van der Waals surface area contributed by atoms with E-state index in [-0.39, 0.29) is 12.0 Å². The topological polar surface area (TPSA) is 91.8 Å². The highest BCUT2D eigenvalue weighted by Crippen LogP contribution is 2.34. The van der Waals surface area contributed by atoms with Crippen LogP contribution in [-0.4, -0.2) is 66.1 Å². The summed E-state index contributed by atoms with van der Waals surface area (Å²) in [4.78, 5) is 25.5. The summed E-state index contributed by atoms with van der Waals surface area (Å²) in [6.07, 6.45) is 3.71. The van der Waals surface area contributed by atoms with Crippen molar-refractivity contribution >= 4 is 40.6 Å². The predicted molar refractivity (Wildman–Crippen MR) is 140 cm³/mol. The van der Waals surface area contributed by atoms with E-state index in [0.717, 1.165) is 37.2 Å². The lowest BCUT2D eigenvalue weighted by atomic mass is 10.1. The Morgan fingerprint density at radius 3 is 2.67 bits per heavy atom. The van der Waals surface area contributed by atoms with Crippen LogP contribution < -0.4 is 20.1 Å². The monoisotopic (exact) mass is 508 g/mol. The first-order valence-corrected chi connectivity index (χ1v) is 12.3. The summed E-state index contributed by atoms with van der Waals surface area (Å²) in [5.74, 6) is 2.07. The number of fused-ring (bicyclic) bond motifs is 1. The van der Waals surface area contributed by atoms with Crippen LogP contribution >= 0.6 is 11.6 Å². The van der Waals surface area contributed by atoms with E-state index in [1.807, 2.05) is 36.4 Å². The number of halogens is 1. The van der Waals surface area contributed by atoms with Gasteiger partial charge in [0.25, 0.3) is 5.91 Å². The van der Waals surface area contributed by atoms with Gasteiger partial charge < -0.3 is 29.9 Å². The predicted octanol–water partition coefficient (Wildman–Crippen LogP) is 4.68. The molecule has 2 N–H and O–H groups in total. The number of hydrogen-bond donors (Lipinski definition) is 2. The zero-order chi connectivity index (χ0) is 25.2. The first kappa shape index (κ1) is 24.1. The molecule has 1 saturated heterocycles. The van der Waals surface area contributed by atoms with Crippen molar-refractivity contribution < 1.29 is 14.3 Å². The van der Waals surface area contributed by atoms with Crippen LogP contribution in [0.1, 0.15) is 28.8 Å². The number of benzene rings is 2. The van der Waals surface area contributed by atoms with Crippen molar-refractivity contribution in [3.8, 4) is 11.5 Å². The van der Waals surface area contributed by atoms with E-state index in [4.69, 9.17) is 21.1 Å². The highest BCUT2D eigenvalue weighted by atomic mass is 35.5. The fourth-order valence-corrected chi connectivity index (χ4v) is 4.65. The van der Waals surface area contributed by atoms with Crippen LogP contribution in [0.3, 0.4) is 0 Å². The number of rotatable bonds is 7. The number of ether oxygens (including phenoxy) is 2. The van der Waals surface area contributed by atoms with Gasteiger partial charge in [0.05, 0.1) is 30.2 Å². The lowest BCUT2D eigenvalue weighted by molar-refractivity contribution is 0.0817. The van der Waals surface area contributed by atoms with E-state index in [9.17, 15) is 4.79 Å². The van der Waals surface area contributed by atoms with Crippen LogP contribution in [0.5, 0.6) is 11.5 Å². The number of piperidine rings is 1. The molecule has 0 bridgehead atoms. The number of methoxy groups -OCH3 is 1. The summed E-state index contributed by atoms with van der Waals surface area (Å²) < 4.78 is 11.8. The SMILES string of the molecule is COc1cc(OC2CCN(C)CC2)ccc1Nc1ncc(Cl)c(Nc2cccc3c2C(=O)N(C)C3)n1. The third-order valence-corrected chi connectivity index (χ3v) is 6.78. The Morgan fingerprint density at radius 2 is 1.89 bits per heavy atom. The Kier molecular flexibility index (Phi) is 6.84. The number of anilines is 4. The highest BCUT2D eigenvalue weighted by Gasteiger charge is 2.27. The molecule has 10 heteroatoms. The second-order valence-corrected chi connectivity index (χ2v) is 9.53. The molecule has 1 fully saturated rings. The van der Waals surface area contributed by atoms with E-state index in [2.05, 4.69) is 32.5 Å². The van der Waals surface area contributed by atoms with Gasteiger partial charge in [0.15, 0.2) is 5.82 Å². The summed E-state index contributed by atoms with van der Waals surface area (Å²) >= 11 is 6.39. The highest BCUT2D eigenvalue weighted by molar-refractivity contribution is 6.33. The largest absolute Gasteiger partial charge is 0.494 e. The summed E-state index contributed by atoms with van der Waals surface area (Å²) in [5, 5.41) is 6.75. The van der Waals surface area contributed by atoms with Gasteiger partial charge >= 0.3 is 0 Å². The van der Waals surface area contributed by atoms with Crippen LogP contribution in [0.2, 0.25) is 5.02 Å². The van der Waals surface area contributed by atoms with Gasteiger partial charge in [0.1, 0.15) is 22.6 Å². The van der Waals surface area contributed by atoms with Crippen LogP contribution in [0.25, 0.3) is 0 Å². The van der Waals surface area contributed by atoms with Gasteiger partial charge in [0.2, 0.25) is 5.95 Å². The molecule has 1 amide bonds. The van der Waals surface area contributed by atoms with Gasteiger partial charge in [-0.2, -0.15) is 4.98 Å². The summed E-state index contributed by atoms with van der Waals surface area (Å²) in [6.45, 7) is 2.63. The number of nitrogens with zero attached hydrogens (tertiary/aromatic N) is 4. The Morgan fingerprint density at radius 1 is 1.08 bits per heavy atom. The maximum atomic E-state index is 12.6. The molecule has 3 heterocycles. The molecule has 0 radical (unpaired) electrons. The van der Waals surface area contributed by atoms with E-state index < -0.39 is 0 Å². The molecule has 0 atom stereocenters. The number of amides is 1. The number of likely N-dealkylation sites (tertiary alicyclic amines) is 1. The van der Waals surface area contributed by atoms with E-state index >= 15 is 0 Å². The molecule has 3 aromatic rings. The first-order valence-electron chi connectivity index (χ1n) is 11.9. The van der Waals surface area contributed by atoms with Gasteiger partial charge in [-0.1, -0.05) is 23.7 Å². The van der Waals surface area contributed by atoms with Gasteiger partial charge in [0, 0.05) is 32.7 Å². The summed E-state index contributed by atoms with van der Waals surface area (Å²) in [6, 6.07) is 11.4. The average Bonchev–Trinajstić information content (AvgIpc) is 3.17. The zero-order valence-electron chi connectivity index (χ0n) is 20.5. The molecular formula is C26H29ClN6O3. The average molecular weight is 509 g/mol. The molecule has 2 aliphatic heterocycles. The third-order valence-electron chi connectivity index (χ3n) is 6.50. The number of aromatic nitrogens is 2. The Balaban J connectivity index is 1.33. The Hall–Kier alpha value is -3.56. The molecule has 5 rings (SSSR count). The third kappa shape index (κ3) is 5.03. The fraction of sp³-hybridized carbons (Fsp3) is 0.346. The van der Waals surface area contributed by atoms with Crippen LogP contribution in [0, 0.1) is 0 Å². The smallest absolute Gasteiger partial charge is 0.256 e. The van der Waals surface area contributed by atoms with E-state index in [0.29, 0.717) is 46.0 Å². The maximum absolute atomic E-state index is 12.6. The van der Waals surface area contributed by atoms with Crippen molar-refractivity contribution in [1.29, 1.82) is 0 Å². The van der Waals surface area contributed by atoms with Crippen LogP contribution in [0.15, 0.2) is 42.6 Å². The summed E-state index contributed by atoms with van der Waals surface area (Å²) in [5.41, 5.74) is 2.94. The second kappa shape index (κ2) is 10.2. The lowest BCUT2D eigenvalue weighted by Gasteiger charge is -2.29. The van der Waals surface area contributed by atoms with Crippen molar-refractivity contribution in [1.82, 2.24) is 19.8 Å². The van der Waals surface area contributed by atoms with E-state index in [1.54, 1.807) is 19.1 Å². The molecule has 0 unspecified atom stereocenters. The quantitative estimate of drug-likeness (QED) is 0.475. The fourth-order valence-electron chi connectivity index (χ4n) is 4.51. The minimum absolute atomic E-state index is 0.0380. The van der Waals surface area contributed by atoms with Crippen LogP contribution in [-0.2, 0) is 6.54 Å². The summed E-state index contributed by atoms with van der Waals surface area (Å²) in [7, 11) is 5.52. The number of nitrogens with one attached hydrogen (secondary N) is 2. The number of hydrogen-bond acceptors (Lipinski definition) is 8. The molecule has 1 aromatic heterocycles. The molecule has 0 saturated carbocycles. The van der Waals surface area contributed by atoms with E-state index in [1.165, 1.54) is 6.20 Å².